The quantitative estimate of drug-likeness (QED) is 0.465. The van der Waals surface area contributed by atoms with Gasteiger partial charge in [-0.1, -0.05) is 17.7 Å². The van der Waals surface area contributed by atoms with Crippen LogP contribution in [0, 0.1) is 9.39 Å². The number of hydrogen-bond acceptors (Lipinski definition) is 3. The van der Waals surface area contributed by atoms with E-state index in [-0.39, 0.29) is 5.02 Å². The molecule has 0 aliphatic carbocycles. The highest BCUT2D eigenvalue weighted by Gasteiger charge is 2.15. The first-order valence-corrected chi connectivity index (χ1v) is 7.02. The number of anilines is 1. The number of rotatable bonds is 2. The SMILES string of the molecule is COC(=O)c1cc(I)c(-c2ccc(F)c(Cl)c2)cc1N. The minimum Gasteiger partial charge on any atom is -0.465 e. The van der Waals surface area contributed by atoms with Crippen molar-refractivity contribution in [1.29, 1.82) is 0 Å². The van der Waals surface area contributed by atoms with Crippen molar-refractivity contribution in [2.24, 2.45) is 0 Å². The molecule has 0 aliphatic rings. The Hall–Kier alpha value is -1.34. The highest BCUT2D eigenvalue weighted by atomic mass is 127. The molecule has 2 aromatic rings. The normalized spacial score (nSPS) is 10.4. The number of carbonyl (C=O) groups excluding carboxylic acids is 1. The molecule has 2 N–H and O–H groups in total. The lowest BCUT2D eigenvalue weighted by atomic mass is 10.0. The first-order chi connectivity index (χ1) is 9.43. The molecule has 0 aliphatic heterocycles. The van der Waals surface area contributed by atoms with Gasteiger partial charge >= 0.3 is 5.97 Å². The number of methoxy groups -OCH3 is 1. The molecule has 0 saturated heterocycles. The van der Waals surface area contributed by atoms with Crippen LogP contribution in [0.2, 0.25) is 5.02 Å². The molecular weight excluding hydrogens is 396 g/mol. The van der Waals surface area contributed by atoms with Crippen LogP contribution in [0.25, 0.3) is 11.1 Å². The molecule has 0 bridgehead atoms. The summed E-state index contributed by atoms with van der Waals surface area (Å²) in [5.41, 5.74) is 7.96. The molecular formula is C14H10ClFINO2. The second-order valence-corrected chi connectivity index (χ2v) is 5.61. The Bertz CT molecular complexity index is 691. The predicted molar refractivity (Wildman–Crippen MR) is 85.3 cm³/mol. The molecule has 104 valence electrons. The molecule has 2 rings (SSSR count). The highest BCUT2D eigenvalue weighted by Crippen LogP contribution is 2.32. The van der Waals surface area contributed by atoms with Gasteiger partial charge < -0.3 is 10.5 Å². The van der Waals surface area contributed by atoms with Crippen LogP contribution in [-0.2, 0) is 4.74 Å². The first kappa shape index (κ1) is 15.1. The van der Waals surface area contributed by atoms with Crippen molar-refractivity contribution in [3.63, 3.8) is 0 Å². The summed E-state index contributed by atoms with van der Waals surface area (Å²) in [7, 11) is 1.29. The second kappa shape index (κ2) is 5.97. The summed E-state index contributed by atoms with van der Waals surface area (Å²) >= 11 is 7.85. The molecule has 2 aromatic carbocycles. The van der Waals surface area contributed by atoms with E-state index in [0.29, 0.717) is 11.3 Å². The number of esters is 1. The van der Waals surface area contributed by atoms with Crippen LogP contribution in [0.4, 0.5) is 10.1 Å². The van der Waals surface area contributed by atoms with Crippen LogP contribution >= 0.6 is 34.2 Å². The van der Waals surface area contributed by atoms with Gasteiger partial charge in [0.25, 0.3) is 0 Å². The van der Waals surface area contributed by atoms with Gasteiger partial charge in [0, 0.05) is 9.26 Å². The minimum atomic E-state index is -0.496. The summed E-state index contributed by atoms with van der Waals surface area (Å²) in [4.78, 5) is 11.6. The van der Waals surface area contributed by atoms with E-state index in [4.69, 9.17) is 17.3 Å². The van der Waals surface area contributed by atoms with Crippen LogP contribution in [0.3, 0.4) is 0 Å². The van der Waals surface area contributed by atoms with Gasteiger partial charge in [0.2, 0.25) is 0 Å². The van der Waals surface area contributed by atoms with Gasteiger partial charge in [0.15, 0.2) is 0 Å². The molecule has 3 nitrogen and oxygen atoms in total. The van der Waals surface area contributed by atoms with Crippen molar-refractivity contribution in [3.05, 3.63) is 50.3 Å². The highest BCUT2D eigenvalue weighted by molar-refractivity contribution is 14.1. The van der Waals surface area contributed by atoms with Crippen molar-refractivity contribution in [2.75, 3.05) is 12.8 Å². The van der Waals surface area contributed by atoms with E-state index in [9.17, 15) is 9.18 Å². The second-order valence-electron chi connectivity index (χ2n) is 4.04. The Kier molecular flexibility index (Phi) is 4.49. The Labute approximate surface area is 134 Å². The summed E-state index contributed by atoms with van der Waals surface area (Å²) < 4.78 is 18.6. The van der Waals surface area contributed by atoms with E-state index in [2.05, 4.69) is 27.3 Å². The van der Waals surface area contributed by atoms with Gasteiger partial charge in [0.05, 0.1) is 17.7 Å². The molecule has 0 aromatic heterocycles. The van der Waals surface area contributed by atoms with E-state index in [1.807, 2.05) is 0 Å². The average molecular weight is 406 g/mol. The third-order valence-electron chi connectivity index (χ3n) is 2.78. The standard InChI is InChI=1S/C14H10ClFINO2/c1-20-14(19)9-5-12(17)8(6-13(9)18)7-2-3-11(16)10(15)4-7/h2-6H,18H2,1H3. The molecule has 0 heterocycles. The zero-order valence-electron chi connectivity index (χ0n) is 10.4. The van der Waals surface area contributed by atoms with E-state index in [1.54, 1.807) is 18.2 Å². The fourth-order valence-corrected chi connectivity index (χ4v) is 2.72. The van der Waals surface area contributed by atoms with E-state index < -0.39 is 11.8 Å². The number of halogens is 3. The molecule has 6 heteroatoms. The van der Waals surface area contributed by atoms with Crippen LogP contribution in [-0.4, -0.2) is 13.1 Å². The molecule has 0 amide bonds. The van der Waals surface area contributed by atoms with Crippen LogP contribution in [0.1, 0.15) is 10.4 Å². The van der Waals surface area contributed by atoms with Crippen molar-refractivity contribution < 1.29 is 13.9 Å². The first-order valence-electron chi connectivity index (χ1n) is 5.56. The number of nitrogen functional groups attached to an aromatic ring is 1. The zero-order chi connectivity index (χ0) is 14.9. The number of nitrogens with two attached hydrogens (primary N) is 1. The summed E-state index contributed by atoms with van der Waals surface area (Å²) in [6.45, 7) is 0. The summed E-state index contributed by atoms with van der Waals surface area (Å²) in [6, 6.07) is 7.70. The Morgan fingerprint density at radius 2 is 2.05 bits per heavy atom. The largest absolute Gasteiger partial charge is 0.465 e. The van der Waals surface area contributed by atoms with Crippen molar-refractivity contribution in [2.45, 2.75) is 0 Å². The number of carbonyl (C=O) groups is 1. The van der Waals surface area contributed by atoms with Crippen LogP contribution in [0.5, 0.6) is 0 Å². The molecule has 0 spiro atoms. The van der Waals surface area contributed by atoms with Gasteiger partial charge in [0.1, 0.15) is 5.82 Å². The lowest BCUT2D eigenvalue weighted by molar-refractivity contribution is 0.0602. The van der Waals surface area contributed by atoms with Crippen molar-refractivity contribution in [1.82, 2.24) is 0 Å². The molecule has 0 saturated carbocycles. The molecule has 0 unspecified atom stereocenters. The molecule has 0 fully saturated rings. The summed E-state index contributed by atoms with van der Waals surface area (Å²) in [5, 5.41) is 0.0360. The number of benzene rings is 2. The minimum absolute atomic E-state index is 0.0360. The number of hydrogen-bond donors (Lipinski definition) is 1. The maximum atomic E-state index is 13.2. The third kappa shape index (κ3) is 2.88. The molecule has 0 radical (unpaired) electrons. The molecule has 20 heavy (non-hydrogen) atoms. The Balaban J connectivity index is 2.55. The number of ether oxygens (including phenoxy) is 1. The van der Waals surface area contributed by atoms with Crippen LogP contribution < -0.4 is 5.73 Å². The van der Waals surface area contributed by atoms with Gasteiger partial charge in [-0.2, -0.15) is 0 Å². The molecule has 0 atom stereocenters. The van der Waals surface area contributed by atoms with Crippen LogP contribution in [0.15, 0.2) is 30.3 Å². The smallest absolute Gasteiger partial charge is 0.339 e. The van der Waals surface area contributed by atoms with E-state index in [0.717, 1.165) is 14.7 Å². The fourth-order valence-electron chi connectivity index (χ4n) is 1.76. The maximum absolute atomic E-state index is 13.2. The monoisotopic (exact) mass is 405 g/mol. The lowest BCUT2D eigenvalue weighted by Crippen LogP contribution is -2.06. The maximum Gasteiger partial charge on any atom is 0.339 e. The van der Waals surface area contributed by atoms with E-state index in [1.165, 1.54) is 19.2 Å². The lowest BCUT2D eigenvalue weighted by Gasteiger charge is -2.10. The van der Waals surface area contributed by atoms with Gasteiger partial charge in [-0.25, -0.2) is 9.18 Å². The Morgan fingerprint density at radius 1 is 1.35 bits per heavy atom. The van der Waals surface area contributed by atoms with Crippen molar-refractivity contribution >= 4 is 45.8 Å². The average Bonchev–Trinajstić information content (AvgIpc) is 2.43. The Morgan fingerprint density at radius 3 is 2.65 bits per heavy atom. The predicted octanol–water partition coefficient (Wildman–Crippen LogP) is 4.12. The van der Waals surface area contributed by atoms with Gasteiger partial charge in [-0.15, -0.1) is 0 Å². The third-order valence-corrected chi connectivity index (χ3v) is 3.96. The fraction of sp³-hybridized carbons (Fsp3) is 0.0714. The topological polar surface area (TPSA) is 52.3 Å². The van der Waals surface area contributed by atoms with E-state index >= 15 is 0 Å². The van der Waals surface area contributed by atoms with Crippen molar-refractivity contribution in [3.8, 4) is 11.1 Å². The summed E-state index contributed by atoms with van der Waals surface area (Å²) in [6.07, 6.45) is 0. The van der Waals surface area contributed by atoms with Gasteiger partial charge in [-0.3, -0.25) is 0 Å². The zero-order valence-corrected chi connectivity index (χ0v) is 13.3. The summed E-state index contributed by atoms with van der Waals surface area (Å²) in [5.74, 6) is -0.978. The van der Waals surface area contributed by atoms with Gasteiger partial charge in [-0.05, 0) is 58.0 Å².